The predicted molar refractivity (Wildman–Crippen MR) is 107 cm³/mol. The van der Waals surface area contributed by atoms with Crippen molar-refractivity contribution in [3.05, 3.63) is 65.2 Å². The number of nitrogens with zero attached hydrogens (tertiary/aromatic N) is 1. The Labute approximate surface area is 170 Å². The van der Waals surface area contributed by atoms with Crippen molar-refractivity contribution < 1.29 is 19.4 Å². The van der Waals surface area contributed by atoms with Crippen molar-refractivity contribution in [1.29, 1.82) is 0 Å². The fourth-order valence-corrected chi connectivity index (χ4v) is 6.02. The number of ether oxygens (including phenoxy) is 1. The first-order chi connectivity index (χ1) is 14.0. The highest BCUT2D eigenvalue weighted by molar-refractivity contribution is 5.84. The van der Waals surface area contributed by atoms with E-state index in [2.05, 4.69) is 12.1 Å². The van der Waals surface area contributed by atoms with Gasteiger partial charge < -0.3 is 14.7 Å². The second-order valence-corrected chi connectivity index (χ2v) is 8.67. The average Bonchev–Trinajstić information content (AvgIpc) is 3.15. The van der Waals surface area contributed by atoms with Crippen LogP contribution in [-0.4, -0.2) is 28.4 Å². The van der Waals surface area contributed by atoms with Crippen LogP contribution < -0.4 is 4.74 Å². The lowest BCUT2D eigenvalue weighted by Gasteiger charge is -2.44. The third-order valence-electron chi connectivity index (χ3n) is 7.16. The molecule has 2 heterocycles. The molecule has 5 rings (SSSR count). The van der Waals surface area contributed by atoms with Gasteiger partial charge in [-0.15, -0.1) is 0 Å². The smallest absolute Gasteiger partial charge is 0.307 e. The Morgan fingerprint density at radius 2 is 2.03 bits per heavy atom. The minimum atomic E-state index is -0.780. The van der Waals surface area contributed by atoms with Crippen LogP contribution in [0.5, 0.6) is 5.75 Å². The topological polar surface area (TPSA) is 66.8 Å². The Bertz CT molecular complexity index is 972. The largest absolute Gasteiger partial charge is 0.489 e. The van der Waals surface area contributed by atoms with Crippen molar-refractivity contribution in [3.8, 4) is 5.75 Å². The molecule has 1 aliphatic carbocycles. The van der Waals surface area contributed by atoms with Crippen molar-refractivity contribution >= 4 is 11.9 Å². The number of hydrogen-bond acceptors (Lipinski definition) is 3. The maximum absolute atomic E-state index is 12.8. The highest BCUT2D eigenvalue weighted by atomic mass is 16.5. The van der Waals surface area contributed by atoms with Gasteiger partial charge in [-0.2, -0.15) is 0 Å². The maximum atomic E-state index is 12.8. The summed E-state index contributed by atoms with van der Waals surface area (Å²) >= 11 is 0. The zero-order chi connectivity index (χ0) is 20.2. The Hall–Kier alpha value is -2.82. The number of carboxylic acids is 1. The van der Waals surface area contributed by atoms with E-state index >= 15 is 0 Å². The van der Waals surface area contributed by atoms with Crippen LogP contribution in [0.3, 0.4) is 0 Å². The summed E-state index contributed by atoms with van der Waals surface area (Å²) in [5.41, 5.74) is 2.91. The van der Waals surface area contributed by atoms with Crippen LogP contribution in [0.25, 0.3) is 0 Å². The fourth-order valence-electron chi connectivity index (χ4n) is 6.02. The number of hydrogen-bond donors (Lipinski definition) is 1. The molecular formula is C24H25NO4. The van der Waals surface area contributed by atoms with Crippen LogP contribution in [0.2, 0.25) is 0 Å². The summed E-state index contributed by atoms with van der Waals surface area (Å²) in [4.78, 5) is 26.8. The van der Waals surface area contributed by atoms with Crippen LogP contribution in [-0.2, 0) is 28.2 Å². The number of rotatable bonds is 4. The summed E-state index contributed by atoms with van der Waals surface area (Å²) in [5.74, 6) is -0.539. The van der Waals surface area contributed by atoms with Gasteiger partial charge in [0, 0.05) is 18.9 Å². The highest BCUT2D eigenvalue weighted by Crippen LogP contribution is 2.61. The van der Waals surface area contributed by atoms with E-state index in [4.69, 9.17) is 4.74 Å². The zero-order valence-electron chi connectivity index (χ0n) is 16.5. The van der Waals surface area contributed by atoms with E-state index < -0.39 is 17.4 Å². The summed E-state index contributed by atoms with van der Waals surface area (Å²) in [6, 6.07) is 16.2. The third-order valence-corrected chi connectivity index (χ3v) is 7.16. The second-order valence-electron chi connectivity index (χ2n) is 8.67. The molecule has 29 heavy (non-hydrogen) atoms. The maximum Gasteiger partial charge on any atom is 0.307 e. The van der Waals surface area contributed by atoms with Crippen LogP contribution in [0.15, 0.2) is 48.5 Å². The number of carbonyl (C=O) groups excluding carboxylic acids is 1. The molecule has 0 aromatic heterocycles. The quantitative estimate of drug-likeness (QED) is 0.865. The number of carbonyl (C=O) groups is 2. The van der Waals surface area contributed by atoms with E-state index in [1.54, 1.807) is 0 Å². The van der Waals surface area contributed by atoms with Crippen molar-refractivity contribution in [2.75, 3.05) is 6.54 Å². The molecule has 0 bridgehead atoms. The fraction of sp³-hybridized carbons (Fsp3) is 0.417. The number of carboxylic acid groups (broad SMARTS) is 1. The van der Waals surface area contributed by atoms with E-state index in [0.29, 0.717) is 26.0 Å². The number of fused-ring (bicyclic) bond motifs is 1. The lowest BCUT2D eigenvalue weighted by molar-refractivity contribution is -0.144. The molecule has 150 valence electrons. The highest BCUT2D eigenvalue weighted by Gasteiger charge is 2.65. The predicted octanol–water partition coefficient (Wildman–Crippen LogP) is 3.61. The summed E-state index contributed by atoms with van der Waals surface area (Å²) in [6.07, 6.45) is 1.84. The van der Waals surface area contributed by atoms with Crippen molar-refractivity contribution in [2.45, 2.75) is 38.3 Å². The van der Waals surface area contributed by atoms with Crippen LogP contribution >= 0.6 is 0 Å². The van der Waals surface area contributed by atoms with Gasteiger partial charge in [0.2, 0.25) is 5.91 Å². The van der Waals surface area contributed by atoms with E-state index in [9.17, 15) is 14.7 Å². The van der Waals surface area contributed by atoms with Gasteiger partial charge in [0.05, 0.1) is 11.5 Å². The Morgan fingerprint density at radius 1 is 1.24 bits per heavy atom. The lowest BCUT2D eigenvalue weighted by atomic mass is 9.74. The molecule has 1 amide bonds. The summed E-state index contributed by atoms with van der Waals surface area (Å²) in [5, 5.41) is 9.86. The van der Waals surface area contributed by atoms with Gasteiger partial charge in [-0.05, 0) is 47.6 Å². The molecule has 1 spiro atoms. The Balaban J connectivity index is 1.53. The van der Waals surface area contributed by atoms with Gasteiger partial charge in [0.15, 0.2) is 0 Å². The molecule has 5 heteroatoms. The normalized spacial score (nSPS) is 29.9. The second kappa shape index (κ2) is 6.61. The van der Waals surface area contributed by atoms with Crippen LogP contribution in [0.4, 0.5) is 0 Å². The SMILES string of the molecule is C[C@H]1CC23c4cc(OCc5ccccc5)ccc4CCN2C(=O)CC3[C@@H]1C(=O)O. The van der Waals surface area contributed by atoms with E-state index in [1.165, 1.54) is 5.56 Å². The van der Waals surface area contributed by atoms with Crippen LogP contribution in [0, 0.1) is 17.8 Å². The molecule has 2 aliphatic heterocycles. The third kappa shape index (κ3) is 2.67. The average molecular weight is 391 g/mol. The Morgan fingerprint density at radius 3 is 2.79 bits per heavy atom. The van der Waals surface area contributed by atoms with E-state index in [1.807, 2.05) is 48.2 Å². The molecule has 0 radical (unpaired) electrons. The Kier molecular flexibility index (Phi) is 4.16. The molecular weight excluding hydrogens is 366 g/mol. The van der Waals surface area contributed by atoms with Gasteiger partial charge in [0.1, 0.15) is 12.4 Å². The van der Waals surface area contributed by atoms with Crippen LogP contribution in [0.1, 0.15) is 36.5 Å². The zero-order valence-corrected chi connectivity index (χ0v) is 16.5. The van der Waals surface area contributed by atoms with Crippen molar-refractivity contribution in [3.63, 3.8) is 0 Å². The van der Waals surface area contributed by atoms with Gasteiger partial charge in [-0.25, -0.2) is 0 Å². The van der Waals surface area contributed by atoms with Gasteiger partial charge in [0.25, 0.3) is 0 Å². The molecule has 2 unspecified atom stereocenters. The van der Waals surface area contributed by atoms with Gasteiger partial charge >= 0.3 is 5.97 Å². The molecule has 3 aliphatic rings. The first kappa shape index (κ1) is 18.2. The molecule has 1 N–H and O–H groups in total. The molecule has 2 aromatic carbocycles. The molecule has 2 aromatic rings. The van der Waals surface area contributed by atoms with E-state index in [0.717, 1.165) is 23.3 Å². The minimum absolute atomic E-state index is 0.0351. The summed E-state index contributed by atoms with van der Waals surface area (Å²) in [7, 11) is 0. The minimum Gasteiger partial charge on any atom is -0.489 e. The number of aliphatic carboxylic acids is 1. The standard InChI is InChI=1S/C24H25NO4/c1-15-13-24-19-11-18(29-14-16-5-3-2-4-6-16)8-7-17(19)9-10-25(24)21(26)12-20(24)22(15)23(27)28/h2-8,11,15,20,22H,9-10,12-14H2,1H3,(H,27,28)/t15-,20?,22+,24?/m0/s1. The molecule has 5 nitrogen and oxygen atoms in total. The van der Waals surface area contributed by atoms with Crippen molar-refractivity contribution in [2.24, 2.45) is 17.8 Å². The van der Waals surface area contributed by atoms with Gasteiger partial charge in [-0.1, -0.05) is 43.3 Å². The molecule has 4 atom stereocenters. The first-order valence-electron chi connectivity index (χ1n) is 10.3. The molecule has 2 fully saturated rings. The monoisotopic (exact) mass is 391 g/mol. The number of amides is 1. The first-order valence-corrected chi connectivity index (χ1v) is 10.3. The van der Waals surface area contributed by atoms with Crippen molar-refractivity contribution in [1.82, 2.24) is 4.90 Å². The van der Waals surface area contributed by atoms with Gasteiger partial charge in [-0.3, -0.25) is 9.59 Å². The number of benzene rings is 2. The van der Waals surface area contributed by atoms with E-state index in [-0.39, 0.29) is 17.7 Å². The lowest BCUT2D eigenvalue weighted by Crippen LogP contribution is -2.49. The summed E-state index contributed by atoms with van der Waals surface area (Å²) < 4.78 is 6.06. The summed E-state index contributed by atoms with van der Waals surface area (Å²) in [6.45, 7) is 3.16. The molecule has 1 saturated carbocycles. The molecule has 1 saturated heterocycles.